The van der Waals surface area contributed by atoms with Gasteiger partial charge in [-0.05, 0) is 36.8 Å². The lowest BCUT2D eigenvalue weighted by atomic mass is 10.1. The lowest BCUT2D eigenvalue weighted by Gasteiger charge is -2.02. The highest BCUT2D eigenvalue weighted by Gasteiger charge is 2.01. The number of benzene rings is 1. The molecular weight excluding hydrogens is 249 g/mol. The summed E-state index contributed by atoms with van der Waals surface area (Å²) in [6, 6.07) is 7.84. The van der Waals surface area contributed by atoms with Gasteiger partial charge in [0, 0.05) is 9.86 Å². The van der Waals surface area contributed by atoms with Gasteiger partial charge in [0.1, 0.15) is 5.15 Å². The Kier molecular flexibility index (Phi) is 2.26. The third-order valence-electron chi connectivity index (χ3n) is 1.91. The van der Waals surface area contributed by atoms with E-state index in [0.717, 1.165) is 20.9 Å². The molecule has 0 radical (unpaired) electrons. The first-order valence-corrected chi connectivity index (χ1v) is 5.06. The Morgan fingerprint density at radius 1 is 1.31 bits per heavy atom. The zero-order chi connectivity index (χ0) is 9.42. The Morgan fingerprint density at radius 3 is 2.85 bits per heavy atom. The van der Waals surface area contributed by atoms with Crippen molar-refractivity contribution in [2.75, 3.05) is 0 Å². The van der Waals surface area contributed by atoms with Crippen molar-refractivity contribution in [2.45, 2.75) is 6.92 Å². The van der Waals surface area contributed by atoms with Gasteiger partial charge in [-0.15, -0.1) is 0 Å². The Bertz CT molecular complexity index is 468. The molecule has 1 heterocycles. The fourth-order valence-corrected chi connectivity index (χ4v) is 2.08. The summed E-state index contributed by atoms with van der Waals surface area (Å²) in [7, 11) is 0. The first kappa shape index (κ1) is 8.97. The van der Waals surface area contributed by atoms with Crippen LogP contribution in [0.2, 0.25) is 5.15 Å². The smallest absolute Gasteiger partial charge is 0.129 e. The van der Waals surface area contributed by atoms with Gasteiger partial charge in [0.25, 0.3) is 0 Å². The van der Waals surface area contributed by atoms with Crippen molar-refractivity contribution in [2.24, 2.45) is 0 Å². The molecular formula is C10H7BrClN. The molecule has 0 bridgehead atoms. The number of fused-ring (bicyclic) bond motifs is 1. The van der Waals surface area contributed by atoms with E-state index >= 15 is 0 Å². The molecule has 0 N–H and O–H groups in total. The zero-order valence-corrected chi connectivity index (χ0v) is 9.35. The highest BCUT2D eigenvalue weighted by Crippen LogP contribution is 2.23. The predicted molar refractivity (Wildman–Crippen MR) is 59.2 cm³/mol. The van der Waals surface area contributed by atoms with Crippen molar-refractivity contribution < 1.29 is 0 Å². The third kappa shape index (κ3) is 1.69. The second-order valence-corrected chi connectivity index (χ2v) is 4.23. The molecule has 13 heavy (non-hydrogen) atoms. The Hall–Kier alpha value is -0.600. The Labute approximate surface area is 89.9 Å². The third-order valence-corrected chi connectivity index (χ3v) is 2.58. The molecule has 0 fully saturated rings. The van der Waals surface area contributed by atoms with E-state index in [4.69, 9.17) is 11.6 Å². The van der Waals surface area contributed by atoms with E-state index in [1.165, 1.54) is 0 Å². The lowest BCUT2D eigenvalue weighted by Crippen LogP contribution is -1.83. The number of aromatic nitrogens is 1. The van der Waals surface area contributed by atoms with Crippen molar-refractivity contribution >= 4 is 38.4 Å². The summed E-state index contributed by atoms with van der Waals surface area (Å²) in [5.41, 5.74) is 2.10. The quantitative estimate of drug-likeness (QED) is 0.650. The van der Waals surface area contributed by atoms with E-state index < -0.39 is 0 Å². The van der Waals surface area contributed by atoms with Crippen LogP contribution in [-0.2, 0) is 0 Å². The van der Waals surface area contributed by atoms with Gasteiger partial charge >= 0.3 is 0 Å². The van der Waals surface area contributed by atoms with Gasteiger partial charge in [-0.25, -0.2) is 4.98 Å². The summed E-state index contributed by atoms with van der Waals surface area (Å²) in [6.45, 7) is 2.02. The fourth-order valence-electron chi connectivity index (χ4n) is 1.34. The standard InChI is InChI=1S/C10H7BrClN/c1-6-4-8(11)5-7-2-3-9(12)13-10(6)7/h2-5H,1H3. The van der Waals surface area contributed by atoms with Gasteiger partial charge < -0.3 is 0 Å². The van der Waals surface area contributed by atoms with Crippen LogP contribution < -0.4 is 0 Å². The fraction of sp³-hybridized carbons (Fsp3) is 0.100. The molecule has 0 aliphatic rings. The van der Waals surface area contributed by atoms with E-state index in [9.17, 15) is 0 Å². The van der Waals surface area contributed by atoms with E-state index in [0.29, 0.717) is 5.15 Å². The average Bonchev–Trinajstić information content (AvgIpc) is 2.06. The molecule has 0 atom stereocenters. The molecule has 3 heteroatoms. The normalized spacial score (nSPS) is 10.7. The molecule has 66 valence electrons. The van der Waals surface area contributed by atoms with Crippen molar-refractivity contribution in [3.63, 3.8) is 0 Å². The number of aryl methyl sites for hydroxylation is 1. The molecule has 0 spiro atoms. The van der Waals surface area contributed by atoms with Crippen LogP contribution in [0, 0.1) is 6.92 Å². The van der Waals surface area contributed by atoms with Crippen LogP contribution in [0.1, 0.15) is 5.56 Å². The molecule has 0 saturated carbocycles. The topological polar surface area (TPSA) is 12.9 Å². The number of hydrogen-bond donors (Lipinski definition) is 0. The van der Waals surface area contributed by atoms with Crippen LogP contribution in [0.3, 0.4) is 0 Å². The number of rotatable bonds is 0. The van der Waals surface area contributed by atoms with Crippen LogP contribution in [0.4, 0.5) is 0 Å². The summed E-state index contributed by atoms with van der Waals surface area (Å²) in [5, 5.41) is 1.65. The number of nitrogens with zero attached hydrogens (tertiary/aromatic N) is 1. The zero-order valence-electron chi connectivity index (χ0n) is 7.01. The molecule has 2 aromatic rings. The maximum Gasteiger partial charge on any atom is 0.129 e. The molecule has 0 saturated heterocycles. The van der Waals surface area contributed by atoms with Gasteiger partial charge in [-0.1, -0.05) is 27.5 Å². The van der Waals surface area contributed by atoms with Gasteiger partial charge in [-0.2, -0.15) is 0 Å². The minimum absolute atomic E-state index is 0.540. The number of hydrogen-bond acceptors (Lipinski definition) is 1. The molecule has 2 rings (SSSR count). The van der Waals surface area contributed by atoms with Crippen LogP contribution in [0.25, 0.3) is 10.9 Å². The monoisotopic (exact) mass is 255 g/mol. The number of pyridine rings is 1. The highest BCUT2D eigenvalue weighted by atomic mass is 79.9. The van der Waals surface area contributed by atoms with E-state index in [1.54, 1.807) is 6.07 Å². The molecule has 1 nitrogen and oxygen atoms in total. The second-order valence-electron chi connectivity index (χ2n) is 2.93. The predicted octanol–water partition coefficient (Wildman–Crippen LogP) is 3.96. The molecule has 0 aliphatic heterocycles. The first-order chi connectivity index (χ1) is 6.16. The summed E-state index contributed by atoms with van der Waals surface area (Å²) in [5.74, 6) is 0. The highest BCUT2D eigenvalue weighted by molar-refractivity contribution is 9.10. The minimum atomic E-state index is 0.540. The van der Waals surface area contributed by atoms with Gasteiger partial charge in [-0.3, -0.25) is 0 Å². The average molecular weight is 257 g/mol. The Balaban J connectivity index is 2.87. The summed E-state index contributed by atoms with van der Waals surface area (Å²) < 4.78 is 1.07. The number of halogens is 2. The van der Waals surface area contributed by atoms with Crippen LogP contribution in [0.5, 0.6) is 0 Å². The van der Waals surface area contributed by atoms with Gasteiger partial charge in [0.15, 0.2) is 0 Å². The molecule has 1 aromatic carbocycles. The van der Waals surface area contributed by atoms with E-state index in [2.05, 4.69) is 20.9 Å². The first-order valence-electron chi connectivity index (χ1n) is 3.89. The van der Waals surface area contributed by atoms with Gasteiger partial charge in [0.2, 0.25) is 0 Å². The van der Waals surface area contributed by atoms with Crippen molar-refractivity contribution in [3.05, 3.63) is 39.5 Å². The molecule has 0 unspecified atom stereocenters. The summed E-state index contributed by atoms with van der Waals surface area (Å²) >= 11 is 9.25. The summed E-state index contributed by atoms with van der Waals surface area (Å²) in [4.78, 5) is 4.26. The molecule has 0 amide bonds. The summed E-state index contributed by atoms with van der Waals surface area (Å²) in [6.07, 6.45) is 0. The van der Waals surface area contributed by atoms with E-state index in [-0.39, 0.29) is 0 Å². The lowest BCUT2D eigenvalue weighted by molar-refractivity contribution is 1.36. The molecule has 0 aliphatic carbocycles. The van der Waals surface area contributed by atoms with E-state index in [1.807, 2.05) is 25.1 Å². The van der Waals surface area contributed by atoms with Crippen LogP contribution in [-0.4, -0.2) is 4.98 Å². The van der Waals surface area contributed by atoms with Gasteiger partial charge in [0.05, 0.1) is 5.52 Å². The van der Waals surface area contributed by atoms with Crippen molar-refractivity contribution in [3.8, 4) is 0 Å². The van der Waals surface area contributed by atoms with Crippen LogP contribution >= 0.6 is 27.5 Å². The maximum absolute atomic E-state index is 5.81. The SMILES string of the molecule is Cc1cc(Br)cc2ccc(Cl)nc12. The Morgan fingerprint density at radius 2 is 2.08 bits per heavy atom. The van der Waals surface area contributed by atoms with Crippen LogP contribution in [0.15, 0.2) is 28.7 Å². The van der Waals surface area contributed by atoms with Crippen molar-refractivity contribution in [1.82, 2.24) is 4.98 Å². The maximum atomic E-state index is 5.81. The molecule has 1 aromatic heterocycles. The second kappa shape index (κ2) is 3.28. The minimum Gasteiger partial charge on any atom is -0.236 e. The van der Waals surface area contributed by atoms with Crippen molar-refractivity contribution in [1.29, 1.82) is 0 Å². The largest absolute Gasteiger partial charge is 0.236 e.